The number of carbonyl (C=O) groups is 2. The largest absolute Gasteiger partial charge is 0.379 e. The van der Waals surface area contributed by atoms with Crippen LogP contribution in [0.4, 0.5) is 0 Å². The van der Waals surface area contributed by atoms with Crippen LogP contribution in [0.3, 0.4) is 0 Å². The van der Waals surface area contributed by atoms with Gasteiger partial charge in [-0.3, -0.25) is 9.59 Å². The average Bonchev–Trinajstić information content (AvgIpc) is 2.66. The molecule has 0 fully saturated rings. The van der Waals surface area contributed by atoms with E-state index in [-0.39, 0.29) is 29.3 Å². The third kappa shape index (κ3) is 21.9. The minimum atomic E-state index is -0.385. The first-order valence-corrected chi connectivity index (χ1v) is 11.4. The minimum absolute atomic E-state index is 0.00761. The summed E-state index contributed by atoms with van der Waals surface area (Å²) < 4.78 is 21.8. The second kappa shape index (κ2) is 17.5. The SMILES string of the molecule is CC(C)(C)NCCOCCOCCOCCCNC(=O)CCCOCC(=O)C(C)(C)C. The number of nitrogens with one attached hydrogen (secondary N) is 2. The molecule has 0 aromatic rings. The molecular weight excluding hydrogens is 400 g/mol. The summed E-state index contributed by atoms with van der Waals surface area (Å²) in [5.41, 5.74) is -0.271. The Hall–Kier alpha value is -1.06. The quantitative estimate of drug-likeness (QED) is 0.294. The molecule has 0 aromatic carbocycles. The number of ether oxygens (including phenoxy) is 4. The van der Waals surface area contributed by atoms with Crippen LogP contribution < -0.4 is 10.6 Å². The van der Waals surface area contributed by atoms with Crippen molar-refractivity contribution in [3.63, 3.8) is 0 Å². The Balaban J connectivity index is 3.30. The van der Waals surface area contributed by atoms with Gasteiger partial charge in [0.05, 0.1) is 33.0 Å². The van der Waals surface area contributed by atoms with E-state index in [0.717, 1.165) is 13.0 Å². The van der Waals surface area contributed by atoms with Gasteiger partial charge >= 0.3 is 0 Å². The molecule has 8 heteroatoms. The van der Waals surface area contributed by atoms with E-state index in [1.807, 2.05) is 20.8 Å². The van der Waals surface area contributed by atoms with Gasteiger partial charge in [-0.25, -0.2) is 0 Å². The highest BCUT2D eigenvalue weighted by molar-refractivity contribution is 5.84. The van der Waals surface area contributed by atoms with Gasteiger partial charge in [0.2, 0.25) is 5.91 Å². The van der Waals surface area contributed by atoms with Gasteiger partial charge in [0, 0.05) is 43.7 Å². The molecule has 8 nitrogen and oxygen atoms in total. The smallest absolute Gasteiger partial charge is 0.220 e. The number of ketones is 1. The van der Waals surface area contributed by atoms with Crippen LogP contribution in [0.25, 0.3) is 0 Å². The zero-order valence-corrected chi connectivity index (χ0v) is 20.6. The molecule has 0 saturated carbocycles. The summed E-state index contributed by atoms with van der Waals surface area (Å²) in [6.07, 6.45) is 1.76. The number of hydrogen-bond acceptors (Lipinski definition) is 7. The molecule has 0 aliphatic rings. The lowest BCUT2D eigenvalue weighted by Gasteiger charge is -2.20. The Morgan fingerprint density at radius 1 is 0.677 bits per heavy atom. The fourth-order valence-electron chi connectivity index (χ4n) is 2.25. The molecule has 1 amide bonds. The maximum absolute atomic E-state index is 11.7. The summed E-state index contributed by atoms with van der Waals surface area (Å²) >= 11 is 0. The van der Waals surface area contributed by atoms with Crippen LogP contribution in [0.5, 0.6) is 0 Å². The maximum atomic E-state index is 11.7. The molecule has 0 aliphatic heterocycles. The van der Waals surface area contributed by atoms with Gasteiger partial charge < -0.3 is 29.6 Å². The molecule has 0 heterocycles. The van der Waals surface area contributed by atoms with Gasteiger partial charge in [0.15, 0.2) is 5.78 Å². The van der Waals surface area contributed by atoms with Crippen molar-refractivity contribution in [1.29, 1.82) is 0 Å². The summed E-state index contributed by atoms with van der Waals surface area (Å²) in [6.45, 7) is 17.4. The third-order valence-electron chi connectivity index (χ3n) is 4.20. The van der Waals surface area contributed by atoms with Crippen molar-refractivity contribution in [2.45, 2.75) is 66.3 Å². The highest BCUT2D eigenvalue weighted by Crippen LogP contribution is 2.14. The third-order valence-corrected chi connectivity index (χ3v) is 4.20. The molecule has 0 rings (SSSR count). The van der Waals surface area contributed by atoms with E-state index in [4.69, 9.17) is 18.9 Å². The lowest BCUT2D eigenvalue weighted by atomic mass is 9.91. The summed E-state index contributed by atoms with van der Waals surface area (Å²) in [5.74, 6) is 0.0617. The Labute approximate surface area is 189 Å². The summed E-state index contributed by atoms with van der Waals surface area (Å²) in [6, 6.07) is 0. The van der Waals surface area contributed by atoms with Crippen molar-refractivity contribution in [2.75, 3.05) is 65.9 Å². The molecule has 0 bridgehead atoms. The van der Waals surface area contributed by atoms with Gasteiger partial charge in [0.25, 0.3) is 0 Å². The van der Waals surface area contributed by atoms with Crippen molar-refractivity contribution in [3.8, 4) is 0 Å². The predicted octanol–water partition coefficient (Wildman–Crippen LogP) is 2.34. The molecule has 0 aromatic heterocycles. The van der Waals surface area contributed by atoms with E-state index in [0.29, 0.717) is 65.6 Å². The Morgan fingerprint density at radius 2 is 1.23 bits per heavy atom. The van der Waals surface area contributed by atoms with Gasteiger partial charge in [-0.1, -0.05) is 20.8 Å². The van der Waals surface area contributed by atoms with Crippen LogP contribution in [-0.4, -0.2) is 83.2 Å². The molecule has 0 spiro atoms. The number of carbonyl (C=O) groups excluding carboxylic acids is 2. The first-order valence-electron chi connectivity index (χ1n) is 11.4. The first-order chi connectivity index (χ1) is 14.5. The van der Waals surface area contributed by atoms with Crippen LogP contribution in [0, 0.1) is 5.41 Å². The van der Waals surface area contributed by atoms with Crippen LogP contribution in [0.1, 0.15) is 60.8 Å². The molecule has 31 heavy (non-hydrogen) atoms. The zero-order chi connectivity index (χ0) is 23.6. The molecule has 0 unspecified atom stereocenters. The van der Waals surface area contributed by atoms with Gasteiger partial charge in [-0.15, -0.1) is 0 Å². The van der Waals surface area contributed by atoms with Gasteiger partial charge in [0.1, 0.15) is 6.61 Å². The Bertz CT molecular complexity index is 472. The fraction of sp³-hybridized carbons (Fsp3) is 0.913. The van der Waals surface area contributed by atoms with Crippen molar-refractivity contribution >= 4 is 11.7 Å². The average molecular weight is 447 g/mol. The number of Topliss-reactive ketones (excluding diaryl/α,β-unsaturated/α-hetero) is 1. The lowest BCUT2D eigenvalue weighted by Crippen LogP contribution is -2.38. The van der Waals surface area contributed by atoms with E-state index < -0.39 is 0 Å². The van der Waals surface area contributed by atoms with E-state index in [2.05, 4.69) is 31.4 Å². The molecule has 0 radical (unpaired) electrons. The Kier molecular flexibility index (Phi) is 16.9. The molecule has 2 N–H and O–H groups in total. The van der Waals surface area contributed by atoms with E-state index in [1.165, 1.54) is 0 Å². The topological polar surface area (TPSA) is 95.1 Å². The molecule has 184 valence electrons. The number of rotatable bonds is 19. The Morgan fingerprint density at radius 3 is 1.81 bits per heavy atom. The van der Waals surface area contributed by atoms with Gasteiger partial charge in [-0.2, -0.15) is 0 Å². The second-order valence-corrected chi connectivity index (χ2v) is 9.55. The standard InChI is InChI=1S/C23H46N2O6/c1-22(2,3)20(26)19-31-12-7-9-21(27)24-10-8-13-28-15-17-30-18-16-29-14-11-25-23(4,5)6/h25H,7-19H2,1-6H3,(H,24,27). The maximum Gasteiger partial charge on any atom is 0.220 e. The van der Waals surface area contributed by atoms with E-state index >= 15 is 0 Å². The summed E-state index contributed by atoms with van der Waals surface area (Å²) in [5, 5.41) is 6.22. The summed E-state index contributed by atoms with van der Waals surface area (Å²) in [4.78, 5) is 23.4. The second-order valence-electron chi connectivity index (χ2n) is 9.55. The van der Waals surface area contributed by atoms with Crippen molar-refractivity contribution in [3.05, 3.63) is 0 Å². The van der Waals surface area contributed by atoms with Crippen LogP contribution in [-0.2, 0) is 28.5 Å². The molecular formula is C23H46N2O6. The first kappa shape index (κ1) is 29.9. The highest BCUT2D eigenvalue weighted by atomic mass is 16.5. The monoisotopic (exact) mass is 446 g/mol. The van der Waals surface area contributed by atoms with Gasteiger partial charge in [-0.05, 0) is 33.6 Å². The molecule has 0 atom stereocenters. The molecule has 0 saturated heterocycles. The van der Waals surface area contributed by atoms with Crippen LogP contribution >= 0.6 is 0 Å². The fourth-order valence-corrected chi connectivity index (χ4v) is 2.25. The lowest BCUT2D eigenvalue weighted by molar-refractivity contribution is -0.131. The van der Waals surface area contributed by atoms with E-state index in [9.17, 15) is 9.59 Å². The number of hydrogen-bond donors (Lipinski definition) is 2. The van der Waals surface area contributed by atoms with Crippen molar-refractivity contribution < 1.29 is 28.5 Å². The predicted molar refractivity (Wildman–Crippen MR) is 122 cm³/mol. The zero-order valence-electron chi connectivity index (χ0n) is 20.6. The van der Waals surface area contributed by atoms with E-state index in [1.54, 1.807) is 0 Å². The van der Waals surface area contributed by atoms with Crippen LogP contribution in [0.2, 0.25) is 0 Å². The molecule has 0 aliphatic carbocycles. The normalized spacial score (nSPS) is 12.2. The van der Waals surface area contributed by atoms with Crippen molar-refractivity contribution in [2.24, 2.45) is 5.41 Å². The minimum Gasteiger partial charge on any atom is -0.379 e. The van der Waals surface area contributed by atoms with Crippen molar-refractivity contribution in [1.82, 2.24) is 10.6 Å². The van der Waals surface area contributed by atoms with Crippen LogP contribution in [0.15, 0.2) is 0 Å². The summed E-state index contributed by atoms with van der Waals surface area (Å²) in [7, 11) is 0. The highest BCUT2D eigenvalue weighted by Gasteiger charge is 2.20. The number of amides is 1.